The molecule has 4 rings (SSSR count). The van der Waals surface area contributed by atoms with Gasteiger partial charge in [-0.05, 0) is 19.4 Å². The first-order valence-corrected chi connectivity index (χ1v) is 9.68. The Kier molecular flexibility index (Phi) is 4.89. The van der Waals surface area contributed by atoms with Crippen LogP contribution in [0.2, 0.25) is 0 Å². The molecule has 0 saturated carbocycles. The van der Waals surface area contributed by atoms with Crippen LogP contribution in [0.1, 0.15) is 48.9 Å². The fourth-order valence-electron chi connectivity index (χ4n) is 3.41. The molecular formula is C17H22N6OS. The van der Waals surface area contributed by atoms with Gasteiger partial charge in [-0.25, -0.2) is 9.97 Å². The summed E-state index contributed by atoms with van der Waals surface area (Å²) in [5.41, 5.74) is 2.97. The van der Waals surface area contributed by atoms with Crippen LogP contribution in [0, 0.1) is 0 Å². The van der Waals surface area contributed by atoms with Gasteiger partial charge < -0.3 is 9.09 Å². The fraction of sp³-hybridized carbons (Fsp3) is 0.529. The largest absolute Gasteiger partial charge is 0.339 e. The highest BCUT2D eigenvalue weighted by Crippen LogP contribution is 2.27. The van der Waals surface area contributed by atoms with E-state index in [-0.39, 0.29) is 0 Å². The SMILES string of the molecule is CCc1nc(CN2CCC[C@H](c3nccn3Cc3cscn3)C2)no1. The van der Waals surface area contributed by atoms with E-state index in [4.69, 9.17) is 4.52 Å². The lowest BCUT2D eigenvalue weighted by Gasteiger charge is -2.31. The minimum Gasteiger partial charge on any atom is -0.339 e. The highest BCUT2D eigenvalue weighted by atomic mass is 32.1. The third kappa shape index (κ3) is 3.80. The molecule has 1 atom stereocenters. The van der Waals surface area contributed by atoms with E-state index in [2.05, 4.69) is 41.2 Å². The van der Waals surface area contributed by atoms with Gasteiger partial charge in [0.1, 0.15) is 5.82 Å². The van der Waals surface area contributed by atoms with Crippen molar-refractivity contribution in [1.29, 1.82) is 0 Å². The fourth-order valence-corrected chi connectivity index (χ4v) is 3.96. The number of piperidine rings is 1. The van der Waals surface area contributed by atoms with Gasteiger partial charge in [-0.15, -0.1) is 11.3 Å². The Morgan fingerprint density at radius 1 is 1.32 bits per heavy atom. The van der Waals surface area contributed by atoms with Crippen molar-refractivity contribution in [3.63, 3.8) is 0 Å². The topological polar surface area (TPSA) is 72.9 Å². The summed E-state index contributed by atoms with van der Waals surface area (Å²) < 4.78 is 7.45. The molecule has 0 aromatic carbocycles. The van der Waals surface area contributed by atoms with Gasteiger partial charge >= 0.3 is 0 Å². The molecule has 0 N–H and O–H groups in total. The highest BCUT2D eigenvalue weighted by molar-refractivity contribution is 7.07. The molecule has 132 valence electrons. The Bertz CT molecular complexity index is 796. The summed E-state index contributed by atoms with van der Waals surface area (Å²) in [6, 6.07) is 0. The Hall–Kier alpha value is -2.06. The summed E-state index contributed by atoms with van der Waals surface area (Å²) >= 11 is 1.63. The van der Waals surface area contributed by atoms with Crippen LogP contribution >= 0.6 is 11.3 Å². The number of hydrogen-bond donors (Lipinski definition) is 0. The first kappa shape index (κ1) is 16.4. The van der Waals surface area contributed by atoms with Gasteiger partial charge in [0.2, 0.25) is 5.89 Å². The van der Waals surface area contributed by atoms with Crippen molar-refractivity contribution in [2.24, 2.45) is 0 Å². The number of likely N-dealkylation sites (tertiary alicyclic amines) is 1. The lowest BCUT2D eigenvalue weighted by molar-refractivity contribution is 0.188. The molecule has 0 radical (unpaired) electrons. The zero-order chi connectivity index (χ0) is 17.1. The summed E-state index contributed by atoms with van der Waals surface area (Å²) in [6.45, 7) is 5.60. The maximum atomic E-state index is 5.22. The van der Waals surface area contributed by atoms with Gasteiger partial charge in [-0.3, -0.25) is 4.90 Å². The van der Waals surface area contributed by atoms with E-state index in [9.17, 15) is 0 Å². The first-order chi connectivity index (χ1) is 12.3. The predicted molar refractivity (Wildman–Crippen MR) is 94.4 cm³/mol. The maximum absolute atomic E-state index is 5.22. The average Bonchev–Trinajstić information content (AvgIpc) is 3.37. The summed E-state index contributed by atoms with van der Waals surface area (Å²) in [6.07, 6.45) is 7.06. The Morgan fingerprint density at radius 2 is 2.28 bits per heavy atom. The molecule has 1 saturated heterocycles. The molecule has 4 heterocycles. The smallest absolute Gasteiger partial charge is 0.226 e. The second-order valence-electron chi connectivity index (χ2n) is 6.43. The molecule has 1 aliphatic rings. The van der Waals surface area contributed by atoms with Gasteiger partial charge in [0.15, 0.2) is 5.82 Å². The number of hydrogen-bond acceptors (Lipinski definition) is 7. The number of aromatic nitrogens is 5. The normalized spacial score (nSPS) is 18.7. The molecule has 8 heteroatoms. The molecule has 7 nitrogen and oxygen atoms in total. The van der Waals surface area contributed by atoms with Crippen LogP contribution in [-0.2, 0) is 19.5 Å². The summed E-state index contributed by atoms with van der Waals surface area (Å²) in [7, 11) is 0. The van der Waals surface area contributed by atoms with E-state index >= 15 is 0 Å². The van der Waals surface area contributed by atoms with Gasteiger partial charge in [-0.1, -0.05) is 12.1 Å². The predicted octanol–water partition coefficient (Wildman–Crippen LogP) is 2.71. The van der Waals surface area contributed by atoms with E-state index in [1.54, 1.807) is 11.3 Å². The third-order valence-corrected chi connectivity index (χ3v) is 5.25. The standard InChI is InChI=1S/C17H22N6OS/c1-2-16-20-15(21-24-16)10-22-6-3-4-13(8-22)17-18-5-7-23(17)9-14-11-25-12-19-14/h5,7,11-13H,2-4,6,8-10H2,1H3/t13-/m0/s1. The maximum Gasteiger partial charge on any atom is 0.226 e. The van der Waals surface area contributed by atoms with Crippen LogP contribution in [0.15, 0.2) is 27.8 Å². The second-order valence-corrected chi connectivity index (χ2v) is 7.14. The molecule has 0 spiro atoms. The van der Waals surface area contributed by atoms with Crippen molar-refractivity contribution < 1.29 is 4.52 Å². The summed E-state index contributed by atoms with van der Waals surface area (Å²) in [5.74, 6) is 3.07. The molecule has 0 bridgehead atoms. The van der Waals surface area contributed by atoms with E-state index in [1.165, 1.54) is 0 Å². The minimum atomic E-state index is 0.430. The average molecular weight is 358 g/mol. The monoisotopic (exact) mass is 358 g/mol. The van der Waals surface area contributed by atoms with Crippen molar-refractivity contribution in [3.8, 4) is 0 Å². The van der Waals surface area contributed by atoms with E-state index < -0.39 is 0 Å². The van der Waals surface area contributed by atoms with Crippen molar-refractivity contribution in [1.82, 2.24) is 29.6 Å². The van der Waals surface area contributed by atoms with Crippen LogP contribution in [0.5, 0.6) is 0 Å². The minimum absolute atomic E-state index is 0.430. The molecular weight excluding hydrogens is 336 g/mol. The van der Waals surface area contributed by atoms with Crippen LogP contribution < -0.4 is 0 Å². The summed E-state index contributed by atoms with van der Waals surface area (Å²) in [5, 5.41) is 6.18. The first-order valence-electron chi connectivity index (χ1n) is 8.73. The Labute approximate surface area is 150 Å². The number of thiazole rings is 1. The molecule has 0 unspecified atom stereocenters. The van der Waals surface area contributed by atoms with Crippen molar-refractivity contribution in [3.05, 3.63) is 46.5 Å². The summed E-state index contributed by atoms with van der Waals surface area (Å²) in [4.78, 5) is 15.9. The second kappa shape index (κ2) is 7.45. The molecule has 25 heavy (non-hydrogen) atoms. The van der Waals surface area contributed by atoms with Gasteiger partial charge in [0, 0.05) is 36.7 Å². The van der Waals surface area contributed by atoms with Crippen molar-refractivity contribution >= 4 is 11.3 Å². The Balaban J connectivity index is 1.43. The van der Waals surface area contributed by atoms with Gasteiger partial charge in [0.25, 0.3) is 0 Å². The quantitative estimate of drug-likeness (QED) is 0.675. The molecule has 1 aliphatic heterocycles. The highest BCUT2D eigenvalue weighted by Gasteiger charge is 2.25. The number of rotatable bonds is 6. The molecule has 1 fully saturated rings. The van der Waals surface area contributed by atoms with Gasteiger partial charge in [0.05, 0.1) is 24.3 Å². The van der Waals surface area contributed by atoms with Crippen LogP contribution in [0.4, 0.5) is 0 Å². The lowest BCUT2D eigenvalue weighted by atomic mass is 9.97. The number of imidazole rings is 1. The van der Waals surface area contributed by atoms with Gasteiger partial charge in [-0.2, -0.15) is 4.98 Å². The van der Waals surface area contributed by atoms with E-state index in [0.29, 0.717) is 11.8 Å². The zero-order valence-electron chi connectivity index (χ0n) is 14.3. The lowest BCUT2D eigenvalue weighted by Crippen LogP contribution is -2.35. The molecule has 3 aromatic rings. The number of aryl methyl sites for hydroxylation is 1. The van der Waals surface area contributed by atoms with Crippen molar-refractivity contribution in [2.75, 3.05) is 13.1 Å². The molecule has 0 amide bonds. The van der Waals surface area contributed by atoms with Crippen LogP contribution in [0.25, 0.3) is 0 Å². The van der Waals surface area contributed by atoms with E-state index in [1.807, 2.05) is 18.6 Å². The zero-order valence-corrected chi connectivity index (χ0v) is 15.2. The van der Waals surface area contributed by atoms with Crippen LogP contribution in [0.3, 0.4) is 0 Å². The third-order valence-electron chi connectivity index (χ3n) is 4.61. The van der Waals surface area contributed by atoms with E-state index in [0.717, 1.165) is 62.8 Å². The molecule has 0 aliphatic carbocycles. The Morgan fingerprint density at radius 3 is 3.08 bits per heavy atom. The van der Waals surface area contributed by atoms with Crippen molar-refractivity contribution in [2.45, 2.75) is 45.2 Å². The van der Waals surface area contributed by atoms with Crippen LogP contribution in [-0.4, -0.2) is 42.7 Å². The molecule has 3 aromatic heterocycles. The number of nitrogens with zero attached hydrogens (tertiary/aromatic N) is 6.